The molecule has 3 N–H and O–H groups in total. The molecule has 0 aliphatic carbocycles. The lowest BCUT2D eigenvalue weighted by molar-refractivity contribution is -0.121. The van der Waals surface area contributed by atoms with Gasteiger partial charge in [-0.1, -0.05) is 18.2 Å². The van der Waals surface area contributed by atoms with Crippen molar-refractivity contribution in [3.8, 4) is 5.69 Å². The third-order valence-electron chi connectivity index (χ3n) is 3.76. The van der Waals surface area contributed by atoms with E-state index in [1.54, 1.807) is 42.5 Å². The highest BCUT2D eigenvalue weighted by Crippen LogP contribution is 2.08. The summed E-state index contributed by atoms with van der Waals surface area (Å²) < 4.78 is 27.9. The van der Waals surface area contributed by atoms with Gasteiger partial charge in [0.15, 0.2) is 0 Å². The quantitative estimate of drug-likeness (QED) is 0.452. The molecule has 1 aromatic heterocycles. The van der Waals surface area contributed by atoms with Crippen molar-refractivity contribution in [2.24, 2.45) is 0 Å². The van der Waals surface area contributed by atoms with E-state index in [2.05, 4.69) is 31.1 Å². The van der Waals surface area contributed by atoms with Crippen molar-refractivity contribution in [2.45, 2.75) is 11.3 Å². The Morgan fingerprint density at radius 2 is 1.69 bits per heavy atom. The van der Waals surface area contributed by atoms with Gasteiger partial charge in [0.1, 0.15) is 6.33 Å². The van der Waals surface area contributed by atoms with Crippen molar-refractivity contribution in [3.63, 3.8) is 0 Å². The Hall–Kier alpha value is -3.64. The fourth-order valence-corrected chi connectivity index (χ4v) is 3.34. The molecule has 3 aromatic rings. The van der Waals surface area contributed by atoms with Crippen molar-refractivity contribution in [3.05, 3.63) is 66.5 Å². The van der Waals surface area contributed by atoms with Gasteiger partial charge in [0.2, 0.25) is 15.9 Å². The summed E-state index contributed by atoms with van der Waals surface area (Å²) in [6.07, 6.45) is 1.27. The molecule has 0 saturated heterocycles. The van der Waals surface area contributed by atoms with Crippen molar-refractivity contribution >= 4 is 21.8 Å². The van der Waals surface area contributed by atoms with E-state index >= 15 is 0 Å². The number of amides is 2. The molecule has 3 rings (SSSR count). The van der Waals surface area contributed by atoms with Crippen molar-refractivity contribution < 1.29 is 18.0 Å². The molecular formula is C17H17N7O4S. The highest BCUT2D eigenvalue weighted by atomic mass is 32.2. The number of hydrogen-bond acceptors (Lipinski definition) is 7. The highest BCUT2D eigenvalue weighted by molar-refractivity contribution is 7.89. The lowest BCUT2D eigenvalue weighted by atomic mass is 10.2. The zero-order chi connectivity index (χ0) is 20.7. The summed E-state index contributed by atoms with van der Waals surface area (Å²) in [6, 6.07) is 14.2. The maximum absolute atomic E-state index is 12.1. The Morgan fingerprint density at radius 3 is 2.34 bits per heavy atom. The van der Waals surface area contributed by atoms with Crippen LogP contribution in [0, 0.1) is 0 Å². The number of nitrogens with zero attached hydrogens (tertiary/aromatic N) is 4. The zero-order valence-corrected chi connectivity index (χ0v) is 15.8. The molecule has 12 heteroatoms. The smallest absolute Gasteiger partial charge is 0.269 e. The van der Waals surface area contributed by atoms with E-state index in [1.807, 2.05) is 0 Å². The van der Waals surface area contributed by atoms with Gasteiger partial charge in [0.05, 0.1) is 10.6 Å². The standard InChI is InChI=1S/C17H17N7O4S/c25-16(10-11-19-29(27,28)15-4-2-1-3-5-15)20-21-17(26)13-6-8-14(9-7-13)24-12-18-22-23-24/h1-9,12,19H,10-11H2,(H,20,25)(H,21,26). The molecule has 0 aliphatic heterocycles. The van der Waals surface area contributed by atoms with Gasteiger partial charge in [-0.3, -0.25) is 20.4 Å². The maximum Gasteiger partial charge on any atom is 0.269 e. The number of aromatic nitrogens is 4. The molecule has 2 aromatic carbocycles. The van der Waals surface area contributed by atoms with Crippen LogP contribution >= 0.6 is 0 Å². The molecule has 0 saturated carbocycles. The number of sulfonamides is 1. The van der Waals surface area contributed by atoms with Gasteiger partial charge in [-0.05, 0) is 46.8 Å². The minimum atomic E-state index is -3.69. The Balaban J connectivity index is 1.44. The number of hydrazine groups is 1. The van der Waals surface area contributed by atoms with E-state index in [4.69, 9.17) is 0 Å². The fourth-order valence-electron chi connectivity index (χ4n) is 2.29. The summed E-state index contributed by atoms with van der Waals surface area (Å²) in [5.74, 6) is -1.06. The van der Waals surface area contributed by atoms with Gasteiger partial charge in [0.25, 0.3) is 5.91 Å². The molecule has 0 fully saturated rings. The van der Waals surface area contributed by atoms with Crippen LogP contribution in [-0.2, 0) is 14.8 Å². The molecule has 0 unspecified atom stereocenters. The van der Waals surface area contributed by atoms with E-state index in [1.165, 1.54) is 23.1 Å². The van der Waals surface area contributed by atoms with Crippen LogP contribution in [0.25, 0.3) is 5.69 Å². The van der Waals surface area contributed by atoms with Crippen LogP contribution in [-0.4, -0.2) is 47.0 Å². The molecule has 11 nitrogen and oxygen atoms in total. The molecule has 0 atom stereocenters. The molecule has 29 heavy (non-hydrogen) atoms. The predicted molar refractivity (Wildman–Crippen MR) is 101 cm³/mol. The van der Waals surface area contributed by atoms with Crippen LogP contribution in [0.2, 0.25) is 0 Å². The highest BCUT2D eigenvalue weighted by Gasteiger charge is 2.14. The normalized spacial score (nSPS) is 11.0. The van der Waals surface area contributed by atoms with Crippen molar-refractivity contribution in [1.82, 2.24) is 35.8 Å². The van der Waals surface area contributed by atoms with Gasteiger partial charge < -0.3 is 0 Å². The number of carbonyl (C=O) groups is 2. The van der Waals surface area contributed by atoms with Crippen LogP contribution in [0.5, 0.6) is 0 Å². The topological polar surface area (TPSA) is 148 Å². The number of hydrogen-bond donors (Lipinski definition) is 3. The molecule has 0 radical (unpaired) electrons. The van der Waals surface area contributed by atoms with Crippen LogP contribution in [0.15, 0.2) is 65.8 Å². The van der Waals surface area contributed by atoms with Crippen LogP contribution < -0.4 is 15.6 Å². The third kappa shape index (κ3) is 5.43. The van der Waals surface area contributed by atoms with E-state index in [-0.39, 0.29) is 17.9 Å². The molecule has 0 aliphatic rings. The van der Waals surface area contributed by atoms with Crippen LogP contribution in [0.1, 0.15) is 16.8 Å². The maximum atomic E-state index is 12.1. The molecule has 0 bridgehead atoms. The van der Waals surface area contributed by atoms with Gasteiger partial charge in [-0.15, -0.1) is 5.10 Å². The van der Waals surface area contributed by atoms with E-state index in [0.717, 1.165) is 0 Å². The van der Waals surface area contributed by atoms with Crippen LogP contribution in [0.3, 0.4) is 0 Å². The molecule has 150 valence electrons. The van der Waals surface area contributed by atoms with E-state index < -0.39 is 21.8 Å². The predicted octanol–water partition coefficient (Wildman–Crippen LogP) is -0.208. The molecule has 0 spiro atoms. The summed E-state index contributed by atoms with van der Waals surface area (Å²) in [5.41, 5.74) is 5.49. The number of tetrazole rings is 1. The minimum Gasteiger partial charge on any atom is -0.273 e. The third-order valence-corrected chi connectivity index (χ3v) is 5.23. The number of benzene rings is 2. The average Bonchev–Trinajstić information content (AvgIpc) is 3.27. The Kier molecular flexibility index (Phi) is 6.26. The molecule has 1 heterocycles. The molecular weight excluding hydrogens is 398 g/mol. The largest absolute Gasteiger partial charge is 0.273 e. The lowest BCUT2D eigenvalue weighted by Gasteiger charge is -2.09. The second-order valence-corrected chi connectivity index (χ2v) is 7.53. The second-order valence-electron chi connectivity index (χ2n) is 5.76. The SMILES string of the molecule is O=C(CCNS(=O)(=O)c1ccccc1)NNC(=O)c1ccc(-n2cnnn2)cc1. The van der Waals surface area contributed by atoms with Gasteiger partial charge in [-0.2, -0.15) is 0 Å². The summed E-state index contributed by atoms with van der Waals surface area (Å²) >= 11 is 0. The summed E-state index contributed by atoms with van der Waals surface area (Å²) in [4.78, 5) is 24.0. The first-order valence-electron chi connectivity index (χ1n) is 8.43. The first-order valence-corrected chi connectivity index (χ1v) is 9.91. The van der Waals surface area contributed by atoms with Gasteiger partial charge >= 0.3 is 0 Å². The Bertz CT molecular complexity index is 1070. The fraction of sp³-hybridized carbons (Fsp3) is 0.118. The van der Waals surface area contributed by atoms with E-state index in [9.17, 15) is 18.0 Å². The summed E-state index contributed by atoms with van der Waals surface area (Å²) in [5, 5.41) is 10.8. The Morgan fingerprint density at radius 1 is 0.966 bits per heavy atom. The number of carbonyl (C=O) groups excluding carboxylic acids is 2. The van der Waals surface area contributed by atoms with Crippen molar-refractivity contribution in [1.29, 1.82) is 0 Å². The van der Waals surface area contributed by atoms with E-state index in [0.29, 0.717) is 11.3 Å². The Labute approximate surface area is 166 Å². The molecule has 2 amide bonds. The second kappa shape index (κ2) is 9.03. The zero-order valence-electron chi connectivity index (χ0n) is 15.0. The first-order chi connectivity index (χ1) is 14.0. The summed E-state index contributed by atoms with van der Waals surface area (Å²) in [6.45, 7) is -0.112. The monoisotopic (exact) mass is 415 g/mol. The average molecular weight is 415 g/mol. The van der Waals surface area contributed by atoms with Gasteiger partial charge in [0, 0.05) is 18.5 Å². The first kappa shape index (κ1) is 20.1. The number of nitrogens with one attached hydrogen (secondary N) is 3. The van der Waals surface area contributed by atoms with Crippen molar-refractivity contribution in [2.75, 3.05) is 6.54 Å². The summed E-state index contributed by atoms with van der Waals surface area (Å²) in [7, 11) is -3.69. The minimum absolute atomic E-state index is 0.110. The lowest BCUT2D eigenvalue weighted by Crippen LogP contribution is -2.42. The van der Waals surface area contributed by atoms with Gasteiger partial charge in [-0.25, -0.2) is 17.8 Å². The number of rotatable bonds is 7. The van der Waals surface area contributed by atoms with Crippen LogP contribution in [0.4, 0.5) is 0 Å².